The van der Waals surface area contributed by atoms with Gasteiger partial charge >= 0.3 is 0 Å². The van der Waals surface area contributed by atoms with E-state index in [2.05, 4.69) is 279 Å². The van der Waals surface area contributed by atoms with E-state index >= 15 is 0 Å². The van der Waals surface area contributed by atoms with Crippen LogP contribution < -0.4 is 0 Å². The maximum absolute atomic E-state index is 4.99. The molecule has 0 bridgehead atoms. The monoisotopic (exact) mass is 1000 g/mol. The van der Waals surface area contributed by atoms with Crippen LogP contribution in [0.5, 0.6) is 0 Å². The van der Waals surface area contributed by atoms with Gasteiger partial charge in [0.15, 0.2) is 0 Å². The topological polar surface area (TPSA) is 25.8 Å². The second-order valence-electron chi connectivity index (χ2n) is 19.6. The van der Waals surface area contributed by atoms with Crippen LogP contribution in [-0.4, -0.2) is 9.97 Å². The van der Waals surface area contributed by atoms with Gasteiger partial charge in [-0.05, 0) is 164 Å². The van der Waals surface area contributed by atoms with Gasteiger partial charge in [-0.15, -0.1) is 20.1 Å². The molecule has 0 aliphatic carbocycles. The van der Waals surface area contributed by atoms with E-state index in [1.54, 1.807) is 0 Å². The average Bonchev–Trinajstić information content (AvgIpc) is 4.16. The van der Waals surface area contributed by atoms with Gasteiger partial charge in [0.2, 0.25) is 0 Å². The van der Waals surface area contributed by atoms with Crippen molar-refractivity contribution in [1.82, 2.24) is 9.97 Å². The van der Waals surface area contributed by atoms with Gasteiger partial charge in [-0.25, -0.2) is 0 Å². The van der Waals surface area contributed by atoms with Crippen LogP contribution >= 0.6 is 20.1 Å². The largest absolute Gasteiger partial charge is 0.254 e. The molecule has 358 valence electrons. The lowest BCUT2D eigenvalue weighted by molar-refractivity contribution is 1.29. The van der Waals surface area contributed by atoms with Crippen LogP contribution in [0.15, 0.2) is 331 Å². The van der Waals surface area contributed by atoms with Crippen molar-refractivity contribution in [2.45, 2.75) is 39.2 Å². The van der Waals surface area contributed by atoms with Crippen molar-refractivity contribution in [2.75, 3.05) is 0 Å². The molecular weight excluding hydrogens is 957 g/mol. The van der Waals surface area contributed by atoms with Gasteiger partial charge in [0.05, 0.1) is 11.0 Å². The summed E-state index contributed by atoms with van der Waals surface area (Å²) in [6.45, 7) is 0. The molecule has 4 heteroatoms. The molecule has 0 radical (unpaired) electrons. The van der Waals surface area contributed by atoms with Gasteiger partial charge in [0, 0.05) is 62.3 Å². The van der Waals surface area contributed by atoms with Crippen molar-refractivity contribution in [1.29, 1.82) is 0 Å². The van der Waals surface area contributed by atoms with Crippen molar-refractivity contribution >= 4 is 41.9 Å². The molecule has 0 unspecified atom stereocenters. The minimum absolute atomic E-state index is 0.903. The van der Waals surface area contributed by atoms with E-state index in [0.29, 0.717) is 0 Å². The zero-order valence-electron chi connectivity index (χ0n) is 41.4. The molecule has 0 spiro atoms. The highest BCUT2D eigenvalue weighted by Crippen LogP contribution is 2.81. The van der Waals surface area contributed by atoms with E-state index in [1.807, 2.05) is 12.4 Å². The van der Waals surface area contributed by atoms with E-state index in [-0.39, 0.29) is 0 Å². The Bertz CT molecular complexity index is 4010. The molecule has 4 heterocycles. The quantitative estimate of drug-likeness (QED) is 0.142. The van der Waals surface area contributed by atoms with Crippen molar-refractivity contribution in [3.63, 3.8) is 0 Å². The number of aromatic nitrogens is 2. The lowest BCUT2D eigenvalue weighted by Crippen LogP contribution is -2.01. The maximum atomic E-state index is 4.99. The summed E-state index contributed by atoms with van der Waals surface area (Å²) in [7, 11) is -3.37. The van der Waals surface area contributed by atoms with E-state index < -0.39 is 20.1 Å². The van der Waals surface area contributed by atoms with Gasteiger partial charge in [0.1, 0.15) is 0 Å². The number of hydrogen-bond acceptors (Lipinski definition) is 2. The van der Waals surface area contributed by atoms with Crippen LogP contribution in [0, 0.1) is 0 Å². The first-order chi connectivity index (χ1) is 37.7. The third-order valence-electron chi connectivity index (χ3n) is 15.7. The summed E-state index contributed by atoms with van der Waals surface area (Å²) in [5, 5.41) is 2.17. The highest BCUT2D eigenvalue weighted by Gasteiger charge is 2.43. The Kier molecular flexibility index (Phi) is 10.4. The maximum Gasteiger partial charge on any atom is 0.0970 e. The van der Waals surface area contributed by atoms with E-state index in [4.69, 9.17) is 9.97 Å². The summed E-state index contributed by atoms with van der Waals surface area (Å²) in [6, 6.07) is 104. The predicted molar refractivity (Wildman–Crippen MR) is 317 cm³/mol. The Labute approximate surface area is 446 Å². The van der Waals surface area contributed by atoms with Crippen LogP contribution in [0.3, 0.4) is 0 Å². The molecule has 13 aromatic rings. The fourth-order valence-electron chi connectivity index (χ4n) is 12.3. The van der Waals surface area contributed by atoms with E-state index in [1.165, 1.54) is 83.7 Å². The molecule has 0 fully saturated rings. The molecule has 0 saturated heterocycles. The molecule has 2 aromatic heterocycles. The first kappa shape index (κ1) is 44.4. The number of rotatable bonds is 8. The van der Waals surface area contributed by atoms with Gasteiger partial charge in [-0.3, -0.25) is 9.97 Å². The fourth-order valence-corrected chi connectivity index (χ4v) is 20.8. The zero-order valence-corrected chi connectivity index (χ0v) is 43.1. The van der Waals surface area contributed by atoms with E-state index in [9.17, 15) is 0 Å². The summed E-state index contributed by atoms with van der Waals surface area (Å²) in [4.78, 5) is 21.0. The second kappa shape index (κ2) is 17.8. The summed E-state index contributed by atoms with van der Waals surface area (Å²) in [5.74, 6) is 0. The van der Waals surface area contributed by atoms with Crippen LogP contribution in [0.4, 0.5) is 0 Å². The Morgan fingerprint density at radius 2 is 0.513 bits per heavy atom. The molecule has 0 N–H and O–H groups in total. The summed E-state index contributed by atoms with van der Waals surface area (Å²) in [5.41, 5.74) is 16.4. The molecule has 76 heavy (non-hydrogen) atoms. The molecular formula is C72H48N2S2. The standard InChI is InChI=1S/C72H48N2S2/c1-5-17-55(18-6-1)75(56-19-7-2-8-20-56)67-27-15-13-25-61(67)65-47-53(37-41-69(65)75)49-29-33-51(34-30-49)59-43-45-73-71-63(59)39-40-64-60(44-46-74-72(64)71)52-35-31-50(32-36-52)54-38-42-70-66(48-54)62-26-14-16-28-68(62)76(70,57-21-9-3-10-22-57)58-23-11-4-12-24-58/h1-48H. The Morgan fingerprint density at radius 3 is 0.882 bits per heavy atom. The Balaban J connectivity index is 0.752. The highest BCUT2D eigenvalue weighted by atomic mass is 32.3. The third-order valence-corrected chi connectivity index (χ3v) is 23.7. The lowest BCUT2D eigenvalue weighted by atomic mass is 9.94. The molecule has 11 aromatic carbocycles. The Morgan fingerprint density at radius 1 is 0.211 bits per heavy atom. The smallest absolute Gasteiger partial charge is 0.0970 e. The molecule has 0 saturated carbocycles. The summed E-state index contributed by atoms with van der Waals surface area (Å²) in [6.07, 6.45) is 3.86. The van der Waals surface area contributed by atoms with Gasteiger partial charge < -0.3 is 0 Å². The van der Waals surface area contributed by atoms with Crippen molar-refractivity contribution in [3.8, 4) is 66.8 Å². The molecule has 2 aliphatic rings. The molecule has 15 rings (SSSR count). The zero-order chi connectivity index (χ0) is 50.2. The fraction of sp³-hybridized carbons (Fsp3) is 0. The first-order valence-electron chi connectivity index (χ1n) is 25.9. The number of nitrogens with zero attached hydrogens (tertiary/aromatic N) is 2. The SMILES string of the molecule is c1ccc(S2(c3ccccc3)c3ccccc3-c3cc(-c4ccc(-c5ccnc6c5ccc5c(-c7ccc(-c8ccc9c(c8)-c8ccccc8S9(c8ccccc8)c8ccccc8)cc7)ccnc56)cc4)ccc32)cc1. The van der Waals surface area contributed by atoms with Gasteiger partial charge in [-0.2, -0.15) is 0 Å². The number of pyridine rings is 2. The van der Waals surface area contributed by atoms with Crippen LogP contribution in [0.2, 0.25) is 0 Å². The highest BCUT2D eigenvalue weighted by molar-refractivity contribution is 8.34. The van der Waals surface area contributed by atoms with Crippen LogP contribution in [-0.2, 0) is 0 Å². The van der Waals surface area contributed by atoms with Crippen molar-refractivity contribution in [3.05, 3.63) is 291 Å². The second-order valence-corrected chi connectivity index (χ2v) is 25.7. The Hall–Kier alpha value is -9.06. The summed E-state index contributed by atoms with van der Waals surface area (Å²) >= 11 is 0. The molecule has 0 amide bonds. The van der Waals surface area contributed by atoms with Crippen LogP contribution in [0.25, 0.3) is 88.6 Å². The number of hydrogen-bond donors (Lipinski definition) is 0. The summed E-state index contributed by atoms with van der Waals surface area (Å²) < 4.78 is 0. The molecule has 2 aliphatic heterocycles. The number of benzene rings is 11. The normalized spacial score (nSPS) is 14.3. The average molecular weight is 1010 g/mol. The van der Waals surface area contributed by atoms with Gasteiger partial charge in [-0.1, -0.05) is 182 Å². The molecule has 0 atom stereocenters. The minimum Gasteiger partial charge on any atom is -0.254 e. The van der Waals surface area contributed by atoms with Crippen LogP contribution in [0.1, 0.15) is 0 Å². The van der Waals surface area contributed by atoms with E-state index in [0.717, 1.165) is 44.1 Å². The van der Waals surface area contributed by atoms with Crippen molar-refractivity contribution < 1.29 is 0 Å². The third kappa shape index (κ3) is 6.64. The predicted octanol–water partition coefficient (Wildman–Crippen LogP) is 20.1. The molecule has 2 nitrogen and oxygen atoms in total. The number of fused-ring (bicyclic) bond motifs is 9. The first-order valence-corrected chi connectivity index (χ1v) is 29.2. The van der Waals surface area contributed by atoms with Gasteiger partial charge in [0.25, 0.3) is 0 Å². The minimum atomic E-state index is -1.68. The van der Waals surface area contributed by atoms with Crippen molar-refractivity contribution in [2.24, 2.45) is 0 Å². The lowest BCUT2D eigenvalue weighted by Gasteiger charge is -2.39.